The molecule has 2 heterocycles. The Morgan fingerprint density at radius 3 is 3.19 bits per heavy atom. The van der Waals surface area contributed by atoms with Crippen molar-refractivity contribution in [3.8, 4) is 0 Å². The summed E-state index contributed by atoms with van der Waals surface area (Å²) < 4.78 is 0. The zero-order valence-electron chi connectivity index (χ0n) is 8.86. The summed E-state index contributed by atoms with van der Waals surface area (Å²) in [6.07, 6.45) is 0.0263. The summed E-state index contributed by atoms with van der Waals surface area (Å²) in [5.41, 5.74) is 8.21. The fourth-order valence-electron chi connectivity index (χ4n) is 2.40. The highest BCUT2D eigenvalue weighted by atomic mass is 16.2. The number of carbonyl (C=O) groups is 1. The van der Waals surface area contributed by atoms with Gasteiger partial charge in [-0.25, -0.2) is 0 Å². The molecule has 2 aliphatic rings. The van der Waals surface area contributed by atoms with Gasteiger partial charge in [0.2, 0.25) is 0 Å². The van der Waals surface area contributed by atoms with Crippen LogP contribution in [0.25, 0.3) is 0 Å². The minimum atomic E-state index is -0.0350. The molecule has 3 rings (SSSR count). The van der Waals surface area contributed by atoms with Gasteiger partial charge in [-0.1, -0.05) is 6.07 Å². The maximum atomic E-state index is 11.9. The van der Waals surface area contributed by atoms with E-state index in [-0.39, 0.29) is 12.1 Å². The highest BCUT2D eigenvalue weighted by Crippen LogP contribution is 2.32. The molecule has 0 saturated carbocycles. The van der Waals surface area contributed by atoms with Crippen LogP contribution in [0.2, 0.25) is 0 Å². The molecule has 84 valence electrons. The van der Waals surface area contributed by atoms with Gasteiger partial charge in [0.25, 0.3) is 5.91 Å². The molecule has 1 aromatic carbocycles. The van der Waals surface area contributed by atoms with Gasteiger partial charge in [-0.3, -0.25) is 4.79 Å². The van der Waals surface area contributed by atoms with Crippen LogP contribution in [0.15, 0.2) is 18.2 Å². The van der Waals surface area contributed by atoms with E-state index < -0.39 is 0 Å². The van der Waals surface area contributed by atoms with Gasteiger partial charge in [0.15, 0.2) is 0 Å². The van der Waals surface area contributed by atoms with Gasteiger partial charge in [0, 0.05) is 19.6 Å². The smallest absolute Gasteiger partial charge is 0.255 e. The largest absolute Gasteiger partial charge is 0.397 e. The molecule has 5 nitrogen and oxygen atoms in total. The molecular formula is C11H14N4O. The van der Waals surface area contributed by atoms with Crippen molar-refractivity contribution in [2.24, 2.45) is 0 Å². The van der Waals surface area contributed by atoms with Crippen LogP contribution >= 0.6 is 0 Å². The minimum Gasteiger partial charge on any atom is -0.397 e. The average molecular weight is 218 g/mol. The molecule has 16 heavy (non-hydrogen) atoms. The molecule has 0 aromatic heterocycles. The molecule has 1 saturated heterocycles. The predicted molar refractivity (Wildman–Crippen MR) is 62.3 cm³/mol. The van der Waals surface area contributed by atoms with Crippen molar-refractivity contribution in [2.45, 2.75) is 6.17 Å². The Morgan fingerprint density at radius 2 is 2.31 bits per heavy atom. The van der Waals surface area contributed by atoms with E-state index in [0.29, 0.717) is 11.3 Å². The van der Waals surface area contributed by atoms with Gasteiger partial charge in [0.1, 0.15) is 6.17 Å². The number of anilines is 2. The third kappa shape index (κ3) is 1.25. The van der Waals surface area contributed by atoms with E-state index in [9.17, 15) is 4.79 Å². The van der Waals surface area contributed by atoms with Crippen LogP contribution in [-0.4, -0.2) is 31.7 Å². The topological polar surface area (TPSA) is 70.4 Å². The number of hydrogen-bond donors (Lipinski definition) is 3. The first kappa shape index (κ1) is 9.47. The molecule has 2 aliphatic heterocycles. The molecule has 4 N–H and O–H groups in total. The molecule has 1 atom stereocenters. The van der Waals surface area contributed by atoms with Crippen molar-refractivity contribution in [3.63, 3.8) is 0 Å². The number of para-hydroxylation sites is 1. The Morgan fingerprint density at radius 1 is 1.44 bits per heavy atom. The Kier molecular flexibility index (Phi) is 2.00. The summed E-state index contributed by atoms with van der Waals surface area (Å²) in [5, 5.41) is 6.23. The van der Waals surface area contributed by atoms with Gasteiger partial charge in [0.05, 0.1) is 16.9 Å². The molecule has 5 heteroatoms. The molecule has 1 fully saturated rings. The summed E-state index contributed by atoms with van der Waals surface area (Å²) in [5.74, 6) is -0.0350. The minimum absolute atomic E-state index is 0.0263. The summed E-state index contributed by atoms with van der Waals surface area (Å²) in [6.45, 7) is 2.55. The molecule has 0 bridgehead atoms. The molecule has 1 aromatic rings. The van der Waals surface area contributed by atoms with E-state index in [1.165, 1.54) is 0 Å². The number of nitrogens with two attached hydrogens (primary N) is 1. The third-order valence-electron chi connectivity index (χ3n) is 3.14. The Labute approximate surface area is 93.6 Å². The van der Waals surface area contributed by atoms with E-state index in [2.05, 4.69) is 15.5 Å². The van der Waals surface area contributed by atoms with E-state index in [1.807, 2.05) is 18.2 Å². The average Bonchev–Trinajstić information content (AvgIpc) is 2.30. The zero-order valence-corrected chi connectivity index (χ0v) is 8.86. The molecule has 0 spiro atoms. The number of nitrogen functional groups attached to an aromatic ring is 1. The lowest BCUT2D eigenvalue weighted by Gasteiger charge is -2.42. The van der Waals surface area contributed by atoms with Crippen LogP contribution in [0.5, 0.6) is 0 Å². The van der Waals surface area contributed by atoms with Gasteiger partial charge in [-0.2, -0.15) is 0 Å². The predicted octanol–water partition coefficient (Wildman–Crippen LogP) is -0.252. The van der Waals surface area contributed by atoms with Gasteiger partial charge in [-0.05, 0) is 12.1 Å². The number of fused-ring (bicyclic) bond motifs is 3. The van der Waals surface area contributed by atoms with Crippen molar-refractivity contribution in [2.75, 3.05) is 30.3 Å². The first-order chi connectivity index (χ1) is 7.77. The second kappa shape index (κ2) is 3.38. The SMILES string of the molecule is Nc1cccc2c1N1CCNC[C@@H]1NC2=O. The van der Waals surface area contributed by atoms with Crippen molar-refractivity contribution >= 4 is 17.3 Å². The molecule has 0 unspecified atom stereocenters. The maximum Gasteiger partial charge on any atom is 0.255 e. The van der Waals surface area contributed by atoms with Crippen LogP contribution in [0.1, 0.15) is 10.4 Å². The second-order valence-corrected chi connectivity index (χ2v) is 4.13. The maximum absolute atomic E-state index is 11.9. The van der Waals surface area contributed by atoms with Crippen LogP contribution < -0.4 is 21.3 Å². The Bertz CT molecular complexity index is 446. The first-order valence-corrected chi connectivity index (χ1v) is 5.44. The van der Waals surface area contributed by atoms with Crippen LogP contribution in [-0.2, 0) is 0 Å². The molecule has 0 aliphatic carbocycles. The fourth-order valence-corrected chi connectivity index (χ4v) is 2.40. The fraction of sp³-hybridized carbons (Fsp3) is 0.364. The molecular weight excluding hydrogens is 204 g/mol. The van der Waals surface area contributed by atoms with E-state index >= 15 is 0 Å². The summed E-state index contributed by atoms with van der Waals surface area (Å²) in [4.78, 5) is 14.0. The number of carbonyl (C=O) groups excluding carboxylic acids is 1. The van der Waals surface area contributed by atoms with Gasteiger partial charge >= 0.3 is 0 Å². The van der Waals surface area contributed by atoms with Gasteiger partial charge < -0.3 is 21.3 Å². The monoisotopic (exact) mass is 218 g/mol. The van der Waals surface area contributed by atoms with E-state index in [0.717, 1.165) is 25.3 Å². The standard InChI is InChI=1S/C11H14N4O/c12-8-3-1-2-7-10(8)15-5-4-13-6-9(15)14-11(7)16/h1-3,9,13H,4-6,12H2,(H,14,16)/t9-/m1/s1. The van der Waals surface area contributed by atoms with Crippen LogP contribution in [0, 0.1) is 0 Å². The lowest BCUT2D eigenvalue weighted by atomic mass is 10.0. The highest BCUT2D eigenvalue weighted by Gasteiger charge is 2.33. The highest BCUT2D eigenvalue weighted by molar-refractivity contribution is 6.04. The van der Waals surface area contributed by atoms with Crippen molar-refractivity contribution in [3.05, 3.63) is 23.8 Å². The second-order valence-electron chi connectivity index (χ2n) is 4.13. The number of hydrogen-bond acceptors (Lipinski definition) is 4. The normalized spacial score (nSPS) is 23.4. The van der Waals surface area contributed by atoms with Crippen LogP contribution in [0.3, 0.4) is 0 Å². The van der Waals surface area contributed by atoms with Crippen LogP contribution in [0.4, 0.5) is 11.4 Å². The number of nitrogens with one attached hydrogen (secondary N) is 2. The zero-order chi connectivity index (χ0) is 11.1. The number of benzene rings is 1. The Balaban J connectivity index is 2.13. The van der Waals surface area contributed by atoms with Crippen molar-refractivity contribution in [1.82, 2.24) is 10.6 Å². The lowest BCUT2D eigenvalue weighted by Crippen LogP contribution is -2.62. The third-order valence-corrected chi connectivity index (χ3v) is 3.14. The Hall–Kier alpha value is -1.75. The van der Waals surface area contributed by atoms with Crippen molar-refractivity contribution < 1.29 is 4.79 Å². The van der Waals surface area contributed by atoms with Crippen molar-refractivity contribution in [1.29, 1.82) is 0 Å². The van der Waals surface area contributed by atoms with E-state index in [1.54, 1.807) is 0 Å². The number of rotatable bonds is 0. The van der Waals surface area contributed by atoms with E-state index in [4.69, 9.17) is 5.73 Å². The quantitative estimate of drug-likeness (QED) is 0.525. The number of amides is 1. The summed E-state index contributed by atoms with van der Waals surface area (Å²) in [6, 6.07) is 5.48. The number of nitrogens with zero attached hydrogens (tertiary/aromatic N) is 1. The molecule has 1 amide bonds. The molecule has 0 radical (unpaired) electrons. The van der Waals surface area contributed by atoms with Gasteiger partial charge in [-0.15, -0.1) is 0 Å². The summed E-state index contributed by atoms with van der Waals surface area (Å²) >= 11 is 0. The summed E-state index contributed by atoms with van der Waals surface area (Å²) in [7, 11) is 0. The first-order valence-electron chi connectivity index (χ1n) is 5.44. The lowest BCUT2D eigenvalue weighted by molar-refractivity contribution is 0.0923. The number of piperazine rings is 1.